The van der Waals surface area contributed by atoms with Gasteiger partial charge in [-0.1, -0.05) is 29.3 Å². The molecule has 0 saturated heterocycles. The van der Waals surface area contributed by atoms with Crippen molar-refractivity contribution in [3.05, 3.63) is 69.3 Å². The Morgan fingerprint density at radius 1 is 1.00 bits per heavy atom. The summed E-state index contributed by atoms with van der Waals surface area (Å²) < 4.78 is 12.7. The summed E-state index contributed by atoms with van der Waals surface area (Å²) in [5.41, 5.74) is 5.80. The van der Waals surface area contributed by atoms with Gasteiger partial charge >= 0.3 is 0 Å². The molecule has 0 atom stereocenters. The quantitative estimate of drug-likeness (QED) is 0.386. The lowest BCUT2D eigenvalue weighted by Gasteiger charge is -2.14. The molecule has 0 unspecified atom stereocenters. The maximum atomic E-state index is 6.39. The zero-order valence-corrected chi connectivity index (χ0v) is 19.3. The van der Waals surface area contributed by atoms with Crippen molar-refractivity contribution in [3.63, 3.8) is 0 Å². The average molecular weight is 469 g/mol. The summed E-state index contributed by atoms with van der Waals surface area (Å²) in [6, 6.07) is 13.3. The van der Waals surface area contributed by atoms with Crippen LogP contribution in [0, 0.1) is 0 Å². The van der Waals surface area contributed by atoms with E-state index in [2.05, 4.69) is 5.32 Å². The number of ether oxygens (including phenoxy) is 2. The van der Waals surface area contributed by atoms with Gasteiger partial charge in [0.15, 0.2) is 5.65 Å². The van der Waals surface area contributed by atoms with Crippen molar-refractivity contribution in [3.8, 4) is 22.8 Å². The van der Waals surface area contributed by atoms with Crippen LogP contribution in [0.5, 0.6) is 11.5 Å². The van der Waals surface area contributed by atoms with Crippen molar-refractivity contribution >= 4 is 34.7 Å². The average Bonchev–Trinajstić information content (AvgIpc) is 3.44. The monoisotopic (exact) mass is 468 g/mol. The molecule has 0 spiro atoms. The Balaban J connectivity index is 1.57. The second-order valence-electron chi connectivity index (χ2n) is 7.73. The Morgan fingerprint density at radius 3 is 2.50 bits per heavy atom. The van der Waals surface area contributed by atoms with E-state index in [9.17, 15) is 0 Å². The molecule has 2 heterocycles. The number of anilines is 1. The van der Waals surface area contributed by atoms with E-state index < -0.39 is 0 Å². The van der Waals surface area contributed by atoms with Crippen molar-refractivity contribution in [2.45, 2.75) is 25.8 Å². The maximum Gasteiger partial charge on any atom is 0.158 e. The molecular formula is C24H22Cl2N4O2. The Hall–Kier alpha value is -2.96. The highest BCUT2D eigenvalue weighted by Gasteiger charge is 2.22. The van der Waals surface area contributed by atoms with Gasteiger partial charge < -0.3 is 14.8 Å². The van der Waals surface area contributed by atoms with Gasteiger partial charge in [0, 0.05) is 45.5 Å². The van der Waals surface area contributed by atoms with Crippen molar-refractivity contribution < 1.29 is 9.47 Å². The zero-order chi connectivity index (χ0) is 22.2. The number of aryl methyl sites for hydroxylation is 1. The highest BCUT2D eigenvalue weighted by molar-refractivity contribution is 6.35. The van der Waals surface area contributed by atoms with Crippen LogP contribution in [0.3, 0.4) is 0 Å². The van der Waals surface area contributed by atoms with Crippen LogP contribution in [0.1, 0.15) is 23.2 Å². The first-order valence-corrected chi connectivity index (χ1v) is 11.1. The lowest BCUT2D eigenvalue weighted by atomic mass is 10.1. The standard InChI is InChI=1S/C24H22Cl2N4O2/c1-31-17-8-15(9-18(11-17)32-2)22-12-23-28-21-5-3-4-19(21)24(30(23)29-22)27-13-14-6-7-16(25)10-20(14)26/h6-12,27H,3-5,13H2,1-2H3. The number of nitrogens with zero attached hydrogens (tertiary/aromatic N) is 3. The van der Waals surface area contributed by atoms with Crippen LogP contribution < -0.4 is 14.8 Å². The van der Waals surface area contributed by atoms with E-state index >= 15 is 0 Å². The minimum Gasteiger partial charge on any atom is -0.497 e. The van der Waals surface area contributed by atoms with E-state index in [0.29, 0.717) is 28.1 Å². The van der Waals surface area contributed by atoms with E-state index in [1.165, 1.54) is 5.56 Å². The minimum absolute atomic E-state index is 0.559. The topological polar surface area (TPSA) is 60.7 Å². The van der Waals surface area contributed by atoms with Crippen molar-refractivity contribution in [2.24, 2.45) is 0 Å². The number of methoxy groups -OCH3 is 2. The third kappa shape index (κ3) is 3.85. The molecule has 0 amide bonds. The molecule has 1 aliphatic carbocycles. The van der Waals surface area contributed by atoms with E-state index in [1.807, 2.05) is 40.9 Å². The highest BCUT2D eigenvalue weighted by atomic mass is 35.5. The number of aromatic nitrogens is 3. The summed E-state index contributed by atoms with van der Waals surface area (Å²) in [7, 11) is 3.27. The fourth-order valence-corrected chi connectivity index (χ4v) is 4.59. The van der Waals surface area contributed by atoms with Crippen LogP contribution in [0.4, 0.5) is 5.82 Å². The van der Waals surface area contributed by atoms with Crippen LogP contribution in [-0.2, 0) is 19.4 Å². The fourth-order valence-electron chi connectivity index (χ4n) is 4.11. The smallest absolute Gasteiger partial charge is 0.158 e. The maximum absolute atomic E-state index is 6.39. The van der Waals surface area contributed by atoms with Gasteiger partial charge in [-0.2, -0.15) is 9.61 Å². The van der Waals surface area contributed by atoms with Crippen LogP contribution in [0.25, 0.3) is 16.9 Å². The van der Waals surface area contributed by atoms with Gasteiger partial charge in [0.25, 0.3) is 0 Å². The summed E-state index contributed by atoms with van der Waals surface area (Å²) in [5, 5.41) is 9.70. The zero-order valence-electron chi connectivity index (χ0n) is 17.8. The number of rotatable bonds is 6. The van der Waals surface area contributed by atoms with Gasteiger partial charge in [-0.25, -0.2) is 4.98 Å². The predicted octanol–water partition coefficient (Wildman–Crippen LogP) is 5.82. The molecular weight excluding hydrogens is 447 g/mol. The lowest BCUT2D eigenvalue weighted by molar-refractivity contribution is 0.394. The van der Waals surface area contributed by atoms with Gasteiger partial charge in [-0.05, 0) is 49.1 Å². The number of hydrogen-bond acceptors (Lipinski definition) is 5. The molecule has 2 aromatic heterocycles. The lowest BCUT2D eigenvalue weighted by Crippen LogP contribution is -2.10. The molecule has 0 fully saturated rings. The first kappa shape index (κ1) is 20.9. The molecule has 4 aromatic rings. The van der Waals surface area contributed by atoms with Crippen molar-refractivity contribution in [1.29, 1.82) is 0 Å². The van der Waals surface area contributed by atoms with E-state index in [4.69, 9.17) is 42.8 Å². The van der Waals surface area contributed by atoms with Gasteiger partial charge in [0.2, 0.25) is 0 Å². The molecule has 0 radical (unpaired) electrons. The number of nitrogens with one attached hydrogen (secondary N) is 1. The number of hydrogen-bond donors (Lipinski definition) is 1. The molecule has 32 heavy (non-hydrogen) atoms. The van der Waals surface area contributed by atoms with E-state index in [-0.39, 0.29) is 0 Å². The molecule has 0 saturated carbocycles. The first-order chi connectivity index (χ1) is 15.6. The van der Waals surface area contributed by atoms with Crippen LogP contribution in [0.15, 0.2) is 42.5 Å². The first-order valence-electron chi connectivity index (χ1n) is 10.4. The SMILES string of the molecule is COc1cc(OC)cc(-c2cc3nc4c(c(NCc5ccc(Cl)cc5Cl)n3n2)CCC4)c1. The molecule has 1 N–H and O–H groups in total. The van der Waals surface area contributed by atoms with Gasteiger partial charge in [-0.3, -0.25) is 0 Å². The van der Waals surface area contributed by atoms with Gasteiger partial charge in [0.05, 0.1) is 19.9 Å². The molecule has 2 aromatic carbocycles. The van der Waals surface area contributed by atoms with Gasteiger partial charge in [-0.15, -0.1) is 0 Å². The normalized spacial score (nSPS) is 12.8. The second kappa shape index (κ2) is 8.52. The summed E-state index contributed by atoms with van der Waals surface area (Å²) in [4.78, 5) is 4.89. The Kier molecular flexibility index (Phi) is 5.57. The van der Waals surface area contributed by atoms with Crippen LogP contribution >= 0.6 is 23.2 Å². The molecule has 6 nitrogen and oxygen atoms in total. The van der Waals surface area contributed by atoms with E-state index in [0.717, 1.165) is 53.2 Å². The van der Waals surface area contributed by atoms with Crippen LogP contribution in [0.2, 0.25) is 10.0 Å². The Morgan fingerprint density at radius 2 is 1.78 bits per heavy atom. The Bertz CT molecular complexity index is 1300. The summed E-state index contributed by atoms with van der Waals surface area (Å²) in [5.74, 6) is 2.37. The molecule has 0 aliphatic heterocycles. The third-order valence-electron chi connectivity index (χ3n) is 5.74. The number of fused-ring (bicyclic) bond motifs is 2. The largest absolute Gasteiger partial charge is 0.497 e. The molecule has 164 valence electrons. The predicted molar refractivity (Wildman–Crippen MR) is 127 cm³/mol. The molecule has 8 heteroatoms. The molecule has 5 rings (SSSR count). The minimum atomic E-state index is 0.559. The van der Waals surface area contributed by atoms with Crippen molar-refractivity contribution in [2.75, 3.05) is 19.5 Å². The van der Waals surface area contributed by atoms with Gasteiger partial charge in [0.1, 0.15) is 17.3 Å². The molecule has 1 aliphatic rings. The fraction of sp³-hybridized carbons (Fsp3) is 0.250. The second-order valence-corrected chi connectivity index (χ2v) is 8.57. The molecule has 0 bridgehead atoms. The number of halogens is 2. The summed E-state index contributed by atoms with van der Waals surface area (Å²) in [6.45, 7) is 0.559. The highest BCUT2D eigenvalue weighted by Crippen LogP contribution is 2.33. The van der Waals surface area contributed by atoms with E-state index in [1.54, 1.807) is 20.3 Å². The van der Waals surface area contributed by atoms with Crippen LogP contribution in [-0.4, -0.2) is 28.8 Å². The summed E-state index contributed by atoms with van der Waals surface area (Å²) in [6.07, 6.45) is 3.03. The number of benzene rings is 2. The Labute approximate surface area is 196 Å². The summed E-state index contributed by atoms with van der Waals surface area (Å²) >= 11 is 12.4. The van der Waals surface area contributed by atoms with Crippen molar-refractivity contribution in [1.82, 2.24) is 14.6 Å². The third-order valence-corrected chi connectivity index (χ3v) is 6.32.